The van der Waals surface area contributed by atoms with Crippen LogP contribution in [0.15, 0.2) is 0 Å². The maximum atomic E-state index is 11.7. The van der Waals surface area contributed by atoms with Crippen LogP contribution in [0.2, 0.25) is 0 Å². The topological polar surface area (TPSA) is 113 Å². The minimum Gasteiger partial charge on any atom is -0.480 e. The zero-order valence-electron chi connectivity index (χ0n) is 9.68. The van der Waals surface area contributed by atoms with Crippen molar-refractivity contribution in [2.45, 2.75) is 18.9 Å². The summed E-state index contributed by atoms with van der Waals surface area (Å²) >= 11 is 0. The molecular weight excluding hydrogens is 226 g/mol. The van der Waals surface area contributed by atoms with Crippen LogP contribution in [0.3, 0.4) is 0 Å². The maximum Gasteiger partial charge on any atom is 0.326 e. The zero-order chi connectivity index (χ0) is 13.0. The minimum atomic E-state index is -1.25. The van der Waals surface area contributed by atoms with E-state index < -0.39 is 17.9 Å². The fraction of sp³-hybridized carbons (Fsp3) is 0.700. The number of nitrogens with zero attached hydrogens (tertiary/aromatic N) is 1. The fourth-order valence-electron chi connectivity index (χ4n) is 1.84. The first-order valence-corrected chi connectivity index (χ1v) is 5.40. The van der Waals surface area contributed by atoms with Gasteiger partial charge in [0.15, 0.2) is 0 Å². The van der Waals surface area contributed by atoms with Gasteiger partial charge in [-0.3, -0.25) is 9.59 Å². The molecule has 17 heavy (non-hydrogen) atoms. The van der Waals surface area contributed by atoms with E-state index in [0.29, 0.717) is 13.0 Å². The summed E-state index contributed by atoms with van der Waals surface area (Å²) in [6.07, 6.45) is 0.314. The van der Waals surface area contributed by atoms with E-state index in [2.05, 4.69) is 5.32 Å². The molecule has 0 aromatic rings. The average molecular weight is 243 g/mol. The molecular formula is C10H17N3O4. The second-order valence-corrected chi connectivity index (χ2v) is 4.32. The first kappa shape index (κ1) is 13.4. The lowest BCUT2D eigenvalue weighted by Crippen LogP contribution is -2.46. The van der Waals surface area contributed by atoms with Crippen molar-refractivity contribution in [1.29, 1.82) is 0 Å². The Morgan fingerprint density at radius 1 is 1.53 bits per heavy atom. The predicted molar refractivity (Wildman–Crippen MR) is 59.0 cm³/mol. The molecule has 7 nitrogen and oxygen atoms in total. The van der Waals surface area contributed by atoms with Crippen LogP contribution in [0, 0.1) is 5.92 Å². The van der Waals surface area contributed by atoms with Gasteiger partial charge in [-0.05, 0) is 20.0 Å². The quantitative estimate of drug-likeness (QED) is 0.537. The van der Waals surface area contributed by atoms with Crippen LogP contribution in [0.4, 0.5) is 0 Å². The number of hydrogen-bond donors (Lipinski definition) is 3. The van der Waals surface area contributed by atoms with E-state index in [-0.39, 0.29) is 18.2 Å². The van der Waals surface area contributed by atoms with Gasteiger partial charge in [0.2, 0.25) is 11.8 Å². The number of carbonyl (C=O) groups excluding carboxylic acids is 2. The molecule has 0 saturated carbocycles. The highest BCUT2D eigenvalue weighted by molar-refractivity contribution is 5.89. The van der Waals surface area contributed by atoms with Gasteiger partial charge < -0.3 is 21.1 Å². The number of rotatable bonds is 5. The molecule has 0 bridgehead atoms. The van der Waals surface area contributed by atoms with E-state index in [4.69, 9.17) is 10.8 Å². The standard InChI is InChI=1S/C10H17N3O4/c1-13-3-2-6(5-13)9(15)12-7(10(16)17)4-8(11)14/h6-7H,2-5H2,1H3,(H2,11,14)(H,12,15)(H,16,17). The van der Waals surface area contributed by atoms with Crippen molar-refractivity contribution >= 4 is 17.8 Å². The second-order valence-electron chi connectivity index (χ2n) is 4.32. The van der Waals surface area contributed by atoms with Crippen molar-refractivity contribution in [2.24, 2.45) is 11.7 Å². The molecule has 1 fully saturated rings. The van der Waals surface area contributed by atoms with E-state index in [1.807, 2.05) is 11.9 Å². The molecule has 0 aromatic heterocycles. The van der Waals surface area contributed by atoms with Gasteiger partial charge >= 0.3 is 5.97 Å². The summed E-state index contributed by atoms with van der Waals surface area (Å²) in [5, 5.41) is 11.2. The lowest BCUT2D eigenvalue weighted by atomic mass is 10.1. The summed E-state index contributed by atoms with van der Waals surface area (Å²) in [5.74, 6) is -2.54. The van der Waals surface area contributed by atoms with E-state index in [1.54, 1.807) is 0 Å². The van der Waals surface area contributed by atoms with Crippen molar-refractivity contribution < 1.29 is 19.5 Å². The molecule has 4 N–H and O–H groups in total. The van der Waals surface area contributed by atoms with Crippen molar-refractivity contribution in [3.05, 3.63) is 0 Å². The molecule has 1 aliphatic heterocycles. The van der Waals surface area contributed by atoms with Crippen LogP contribution in [-0.4, -0.2) is 54.0 Å². The lowest BCUT2D eigenvalue weighted by molar-refractivity contribution is -0.143. The second kappa shape index (κ2) is 5.62. The Bertz CT molecular complexity index is 332. The molecule has 2 unspecified atom stereocenters. The molecule has 1 saturated heterocycles. The number of carboxylic acids is 1. The number of primary amides is 1. The molecule has 1 heterocycles. The number of carboxylic acid groups (broad SMARTS) is 1. The highest BCUT2D eigenvalue weighted by atomic mass is 16.4. The van der Waals surface area contributed by atoms with Crippen molar-refractivity contribution in [2.75, 3.05) is 20.1 Å². The van der Waals surface area contributed by atoms with E-state index >= 15 is 0 Å². The highest BCUT2D eigenvalue weighted by Gasteiger charge is 2.30. The lowest BCUT2D eigenvalue weighted by Gasteiger charge is -2.16. The monoisotopic (exact) mass is 243 g/mol. The van der Waals surface area contributed by atoms with Crippen molar-refractivity contribution in [1.82, 2.24) is 10.2 Å². The van der Waals surface area contributed by atoms with Gasteiger partial charge in [-0.1, -0.05) is 0 Å². The Hall–Kier alpha value is -1.63. The Morgan fingerprint density at radius 2 is 2.18 bits per heavy atom. The Kier molecular flexibility index (Phi) is 4.45. The molecule has 1 aliphatic rings. The first-order valence-electron chi connectivity index (χ1n) is 5.40. The minimum absolute atomic E-state index is 0.213. The molecule has 2 amide bonds. The van der Waals surface area contributed by atoms with Gasteiger partial charge in [0.05, 0.1) is 12.3 Å². The fourth-order valence-corrected chi connectivity index (χ4v) is 1.84. The number of carbonyl (C=O) groups is 3. The third-order valence-electron chi connectivity index (χ3n) is 2.78. The van der Waals surface area contributed by atoms with Crippen LogP contribution in [0.1, 0.15) is 12.8 Å². The number of amides is 2. The number of hydrogen-bond acceptors (Lipinski definition) is 4. The first-order chi connectivity index (χ1) is 7.90. The van der Waals surface area contributed by atoms with Crippen molar-refractivity contribution in [3.8, 4) is 0 Å². The van der Waals surface area contributed by atoms with Crippen LogP contribution in [0.25, 0.3) is 0 Å². The number of nitrogens with two attached hydrogens (primary N) is 1. The third-order valence-corrected chi connectivity index (χ3v) is 2.78. The number of likely N-dealkylation sites (tertiary alicyclic amines) is 1. The van der Waals surface area contributed by atoms with Crippen LogP contribution >= 0.6 is 0 Å². The normalized spacial score (nSPS) is 22.1. The molecule has 96 valence electrons. The SMILES string of the molecule is CN1CCC(C(=O)NC(CC(N)=O)C(=O)O)C1. The smallest absolute Gasteiger partial charge is 0.326 e. The molecule has 0 aliphatic carbocycles. The summed E-state index contributed by atoms with van der Waals surface area (Å²) < 4.78 is 0. The van der Waals surface area contributed by atoms with Gasteiger partial charge in [-0.2, -0.15) is 0 Å². The largest absolute Gasteiger partial charge is 0.480 e. The Balaban J connectivity index is 2.52. The summed E-state index contributed by atoms with van der Waals surface area (Å²) in [6, 6.07) is -1.23. The van der Waals surface area contributed by atoms with Gasteiger partial charge in [-0.15, -0.1) is 0 Å². The third kappa shape index (κ3) is 4.03. The van der Waals surface area contributed by atoms with Gasteiger partial charge in [0.25, 0.3) is 0 Å². The molecule has 0 spiro atoms. The average Bonchev–Trinajstić information content (AvgIpc) is 2.63. The van der Waals surface area contributed by atoms with E-state index in [1.165, 1.54) is 0 Å². The summed E-state index contributed by atoms with van der Waals surface area (Å²) in [7, 11) is 1.89. The van der Waals surface area contributed by atoms with Crippen LogP contribution in [0.5, 0.6) is 0 Å². The Labute approximate surface area is 98.9 Å². The number of aliphatic carboxylic acids is 1. The van der Waals surface area contributed by atoms with E-state index in [9.17, 15) is 14.4 Å². The number of nitrogens with one attached hydrogen (secondary N) is 1. The van der Waals surface area contributed by atoms with Gasteiger partial charge in [0, 0.05) is 6.54 Å². The van der Waals surface area contributed by atoms with E-state index in [0.717, 1.165) is 6.54 Å². The summed E-state index contributed by atoms with van der Waals surface area (Å²) in [6.45, 7) is 1.42. The zero-order valence-corrected chi connectivity index (χ0v) is 9.68. The van der Waals surface area contributed by atoms with Crippen molar-refractivity contribution in [3.63, 3.8) is 0 Å². The summed E-state index contributed by atoms with van der Waals surface area (Å²) in [4.78, 5) is 35.2. The van der Waals surface area contributed by atoms with Gasteiger partial charge in [0.1, 0.15) is 6.04 Å². The molecule has 0 aromatic carbocycles. The predicted octanol–water partition coefficient (Wildman–Crippen LogP) is -1.62. The highest BCUT2D eigenvalue weighted by Crippen LogP contribution is 2.14. The molecule has 0 radical (unpaired) electrons. The summed E-state index contributed by atoms with van der Waals surface area (Å²) in [5.41, 5.74) is 4.92. The molecule has 7 heteroatoms. The van der Waals surface area contributed by atoms with Gasteiger partial charge in [-0.25, -0.2) is 4.79 Å². The molecule has 2 atom stereocenters. The maximum absolute atomic E-state index is 11.7. The van der Waals surface area contributed by atoms with Crippen LogP contribution in [-0.2, 0) is 14.4 Å². The Morgan fingerprint density at radius 3 is 2.59 bits per heavy atom. The van der Waals surface area contributed by atoms with Crippen LogP contribution < -0.4 is 11.1 Å². The molecule has 1 rings (SSSR count).